The van der Waals surface area contributed by atoms with Gasteiger partial charge >= 0.3 is 5.97 Å². The molecule has 2 atom stereocenters. The zero-order chi connectivity index (χ0) is 13.6. The average molecular weight is 244 g/mol. The molecule has 0 spiro atoms. The second-order valence-corrected chi connectivity index (χ2v) is 4.04. The Labute approximate surface area is 101 Å². The summed E-state index contributed by atoms with van der Waals surface area (Å²) >= 11 is 0. The summed E-state index contributed by atoms with van der Waals surface area (Å²) in [6.07, 6.45) is 0. The van der Waals surface area contributed by atoms with Crippen LogP contribution in [0.2, 0.25) is 0 Å². The van der Waals surface area contributed by atoms with Crippen molar-refractivity contribution in [3.8, 4) is 0 Å². The Morgan fingerprint density at radius 1 is 1.24 bits per heavy atom. The van der Waals surface area contributed by atoms with E-state index in [1.165, 1.54) is 18.7 Å². The van der Waals surface area contributed by atoms with Crippen molar-refractivity contribution in [2.24, 2.45) is 11.8 Å². The van der Waals surface area contributed by atoms with E-state index in [2.05, 4.69) is 5.32 Å². The maximum atomic E-state index is 11.6. The summed E-state index contributed by atoms with van der Waals surface area (Å²) < 4.78 is 0. The number of amides is 2. The first-order valence-corrected chi connectivity index (χ1v) is 5.55. The lowest BCUT2D eigenvalue weighted by molar-refractivity contribution is -0.146. The molecule has 2 unspecified atom stereocenters. The van der Waals surface area contributed by atoms with E-state index in [9.17, 15) is 14.4 Å². The minimum absolute atomic E-state index is 0.0974. The Morgan fingerprint density at radius 2 is 1.76 bits per heavy atom. The topological polar surface area (TPSA) is 86.7 Å². The maximum Gasteiger partial charge on any atom is 0.307 e. The number of nitrogens with one attached hydrogen (secondary N) is 1. The Morgan fingerprint density at radius 3 is 2.18 bits per heavy atom. The van der Waals surface area contributed by atoms with Crippen LogP contribution in [0.25, 0.3) is 0 Å². The molecule has 0 rings (SSSR count). The van der Waals surface area contributed by atoms with Gasteiger partial charge in [-0.1, -0.05) is 13.8 Å². The van der Waals surface area contributed by atoms with Crippen molar-refractivity contribution in [3.05, 3.63) is 0 Å². The minimum Gasteiger partial charge on any atom is -0.481 e. The molecule has 17 heavy (non-hydrogen) atoms. The molecule has 0 aromatic heterocycles. The Kier molecular flexibility index (Phi) is 6.23. The van der Waals surface area contributed by atoms with E-state index in [0.717, 1.165) is 0 Å². The van der Waals surface area contributed by atoms with Crippen LogP contribution in [0, 0.1) is 11.8 Å². The molecule has 0 aliphatic rings. The summed E-state index contributed by atoms with van der Waals surface area (Å²) in [7, 11) is 1.64. The number of hydrogen-bond donors (Lipinski definition) is 2. The molecule has 0 saturated carbocycles. The Bertz CT molecular complexity index is 304. The normalized spacial score (nSPS) is 13.6. The number of carboxylic acids is 1. The number of carbonyl (C=O) groups excluding carboxylic acids is 2. The van der Waals surface area contributed by atoms with Crippen LogP contribution in [0.15, 0.2) is 0 Å². The first-order chi connectivity index (χ1) is 7.81. The van der Waals surface area contributed by atoms with E-state index < -0.39 is 23.7 Å². The summed E-state index contributed by atoms with van der Waals surface area (Å²) in [6, 6.07) is 0. The standard InChI is InChI=1S/C11H20N2O4/c1-5-13(4)9(14)6-12-10(15)7(2)8(3)11(16)17/h7-8H,5-6H2,1-4H3,(H,12,15)(H,16,17). The maximum absolute atomic E-state index is 11.6. The molecule has 0 saturated heterocycles. The smallest absolute Gasteiger partial charge is 0.307 e. The molecule has 6 heteroatoms. The fourth-order valence-electron chi connectivity index (χ4n) is 1.08. The SMILES string of the molecule is CCN(C)C(=O)CNC(=O)C(C)C(C)C(=O)O. The van der Waals surface area contributed by atoms with Crippen molar-refractivity contribution in [1.82, 2.24) is 10.2 Å². The van der Waals surface area contributed by atoms with Crippen LogP contribution in [-0.2, 0) is 14.4 Å². The predicted octanol–water partition coefficient (Wildman–Crippen LogP) is -0.0623. The number of carboxylic acid groups (broad SMARTS) is 1. The van der Waals surface area contributed by atoms with Gasteiger partial charge in [0.25, 0.3) is 0 Å². The minimum atomic E-state index is -1.02. The summed E-state index contributed by atoms with van der Waals surface area (Å²) in [6.45, 7) is 5.29. The summed E-state index contributed by atoms with van der Waals surface area (Å²) in [5.41, 5.74) is 0. The second-order valence-electron chi connectivity index (χ2n) is 4.04. The highest BCUT2D eigenvalue weighted by Gasteiger charge is 2.25. The number of rotatable bonds is 6. The van der Waals surface area contributed by atoms with Gasteiger partial charge < -0.3 is 15.3 Å². The lowest BCUT2D eigenvalue weighted by atomic mass is 9.95. The molecular weight excluding hydrogens is 224 g/mol. The van der Waals surface area contributed by atoms with Crippen molar-refractivity contribution >= 4 is 17.8 Å². The largest absolute Gasteiger partial charge is 0.481 e. The Hall–Kier alpha value is -1.59. The van der Waals surface area contributed by atoms with Gasteiger partial charge in [0.1, 0.15) is 0 Å². The van der Waals surface area contributed by atoms with Gasteiger partial charge in [0.05, 0.1) is 12.5 Å². The fraction of sp³-hybridized carbons (Fsp3) is 0.727. The first kappa shape index (κ1) is 15.4. The molecule has 0 aliphatic carbocycles. The zero-order valence-corrected chi connectivity index (χ0v) is 10.7. The summed E-state index contributed by atoms with van der Waals surface area (Å²) in [5.74, 6) is -3.07. The van der Waals surface area contributed by atoms with Gasteiger partial charge in [-0.3, -0.25) is 14.4 Å². The lowest BCUT2D eigenvalue weighted by Gasteiger charge is -2.18. The van der Waals surface area contributed by atoms with Crippen LogP contribution in [0.4, 0.5) is 0 Å². The van der Waals surface area contributed by atoms with E-state index in [1.807, 2.05) is 6.92 Å². The van der Waals surface area contributed by atoms with E-state index >= 15 is 0 Å². The number of likely N-dealkylation sites (N-methyl/N-ethyl adjacent to an activating group) is 1. The van der Waals surface area contributed by atoms with Crippen molar-refractivity contribution in [3.63, 3.8) is 0 Å². The molecule has 2 amide bonds. The van der Waals surface area contributed by atoms with Gasteiger partial charge in [-0.25, -0.2) is 0 Å². The third kappa shape index (κ3) is 4.84. The molecule has 2 N–H and O–H groups in total. The highest BCUT2D eigenvalue weighted by atomic mass is 16.4. The Balaban J connectivity index is 4.19. The third-order valence-electron chi connectivity index (χ3n) is 2.87. The number of hydrogen-bond acceptors (Lipinski definition) is 3. The zero-order valence-electron chi connectivity index (χ0n) is 10.7. The van der Waals surface area contributed by atoms with Crippen molar-refractivity contribution < 1.29 is 19.5 Å². The van der Waals surface area contributed by atoms with Crippen LogP contribution in [0.5, 0.6) is 0 Å². The van der Waals surface area contributed by atoms with E-state index in [0.29, 0.717) is 6.54 Å². The molecule has 6 nitrogen and oxygen atoms in total. The predicted molar refractivity (Wildman–Crippen MR) is 62.3 cm³/mol. The van der Waals surface area contributed by atoms with Crippen molar-refractivity contribution in [2.45, 2.75) is 20.8 Å². The van der Waals surface area contributed by atoms with Crippen LogP contribution in [-0.4, -0.2) is 47.9 Å². The second kappa shape index (κ2) is 6.88. The molecule has 0 heterocycles. The molecule has 0 aromatic carbocycles. The van der Waals surface area contributed by atoms with Crippen LogP contribution < -0.4 is 5.32 Å². The monoisotopic (exact) mass is 244 g/mol. The van der Waals surface area contributed by atoms with Crippen molar-refractivity contribution in [1.29, 1.82) is 0 Å². The molecule has 98 valence electrons. The molecule has 0 bridgehead atoms. The molecule has 0 aromatic rings. The third-order valence-corrected chi connectivity index (χ3v) is 2.87. The van der Waals surface area contributed by atoms with Gasteiger partial charge in [-0.05, 0) is 6.92 Å². The number of nitrogens with zero attached hydrogens (tertiary/aromatic N) is 1. The van der Waals surface area contributed by atoms with E-state index in [-0.39, 0.29) is 12.5 Å². The lowest BCUT2D eigenvalue weighted by Crippen LogP contribution is -2.41. The molecule has 0 fully saturated rings. The van der Waals surface area contributed by atoms with Crippen LogP contribution >= 0.6 is 0 Å². The summed E-state index contributed by atoms with van der Waals surface area (Å²) in [4.78, 5) is 35.1. The number of aliphatic carboxylic acids is 1. The van der Waals surface area contributed by atoms with E-state index in [4.69, 9.17) is 5.11 Å². The molecule has 0 aliphatic heterocycles. The molecular formula is C11H20N2O4. The van der Waals surface area contributed by atoms with Gasteiger partial charge in [-0.15, -0.1) is 0 Å². The van der Waals surface area contributed by atoms with Crippen molar-refractivity contribution in [2.75, 3.05) is 20.1 Å². The highest BCUT2D eigenvalue weighted by Crippen LogP contribution is 2.10. The summed E-state index contributed by atoms with van der Waals surface area (Å²) in [5, 5.41) is 11.2. The first-order valence-electron chi connectivity index (χ1n) is 5.55. The average Bonchev–Trinajstić information content (AvgIpc) is 2.32. The quantitative estimate of drug-likeness (QED) is 0.685. The molecule has 0 radical (unpaired) electrons. The van der Waals surface area contributed by atoms with Crippen LogP contribution in [0.3, 0.4) is 0 Å². The number of carbonyl (C=O) groups is 3. The highest BCUT2D eigenvalue weighted by molar-refractivity contribution is 5.88. The van der Waals surface area contributed by atoms with Gasteiger partial charge in [0.2, 0.25) is 11.8 Å². The van der Waals surface area contributed by atoms with Gasteiger partial charge in [0, 0.05) is 19.5 Å². The van der Waals surface area contributed by atoms with Crippen LogP contribution in [0.1, 0.15) is 20.8 Å². The fourth-order valence-corrected chi connectivity index (χ4v) is 1.08. The van der Waals surface area contributed by atoms with E-state index in [1.54, 1.807) is 7.05 Å². The van der Waals surface area contributed by atoms with Gasteiger partial charge in [-0.2, -0.15) is 0 Å². The van der Waals surface area contributed by atoms with Gasteiger partial charge in [0.15, 0.2) is 0 Å².